The lowest BCUT2D eigenvalue weighted by atomic mass is 9.96. The monoisotopic (exact) mass is 399 g/mol. The molecule has 0 radical (unpaired) electrons. The van der Waals surface area contributed by atoms with Crippen molar-refractivity contribution in [1.82, 2.24) is 15.5 Å². The topological polar surface area (TPSA) is 83.8 Å². The molecule has 156 valence electrons. The number of furan rings is 1. The minimum absolute atomic E-state index is 0.0367. The number of hydrogen-bond donors (Lipinski definition) is 2. The summed E-state index contributed by atoms with van der Waals surface area (Å²) in [6.07, 6.45) is 3.87. The highest BCUT2D eigenvalue weighted by molar-refractivity contribution is 5.91. The summed E-state index contributed by atoms with van der Waals surface area (Å²) in [6, 6.07) is 11.5. The van der Waals surface area contributed by atoms with E-state index >= 15 is 0 Å². The Morgan fingerprint density at radius 2 is 1.90 bits per heavy atom. The summed E-state index contributed by atoms with van der Waals surface area (Å²) >= 11 is 0. The van der Waals surface area contributed by atoms with Gasteiger partial charge in [0.15, 0.2) is 5.76 Å². The fourth-order valence-corrected chi connectivity index (χ4v) is 3.47. The molecule has 1 aliphatic rings. The average Bonchev–Trinajstić information content (AvgIpc) is 3.29. The second-order valence-electron chi connectivity index (χ2n) is 7.35. The first-order chi connectivity index (χ1) is 14.1. The molecule has 1 aromatic carbocycles. The van der Waals surface area contributed by atoms with E-state index in [0.717, 1.165) is 38.2 Å². The lowest BCUT2D eigenvalue weighted by Crippen LogP contribution is -2.39. The molecule has 1 aromatic heterocycles. The summed E-state index contributed by atoms with van der Waals surface area (Å²) in [6.45, 7) is 4.00. The van der Waals surface area contributed by atoms with Crippen LogP contribution < -0.4 is 15.4 Å². The number of rotatable bonds is 9. The lowest BCUT2D eigenvalue weighted by Gasteiger charge is -2.32. The molecule has 2 aromatic rings. The van der Waals surface area contributed by atoms with Gasteiger partial charge < -0.3 is 19.8 Å². The fraction of sp³-hybridized carbons (Fsp3) is 0.455. The SMILES string of the molecule is COc1ccc(CN2CCC(CNC(=O)CCNC(=O)c3ccco3)CC2)cc1. The smallest absolute Gasteiger partial charge is 0.286 e. The van der Waals surface area contributed by atoms with Crippen LogP contribution in [0.25, 0.3) is 0 Å². The first-order valence-corrected chi connectivity index (χ1v) is 10.1. The Hall–Kier alpha value is -2.80. The number of nitrogens with one attached hydrogen (secondary N) is 2. The molecule has 3 rings (SSSR count). The van der Waals surface area contributed by atoms with Crippen molar-refractivity contribution in [3.63, 3.8) is 0 Å². The maximum atomic E-state index is 12.0. The molecule has 1 fully saturated rings. The van der Waals surface area contributed by atoms with Crippen molar-refractivity contribution in [1.29, 1.82) is 0 Å². The average molecular weight is 399 g/mol. The molecular weight excluding hydrogens is 370 g/mol. The number of methoxy groups -OCH3 is 1. The highest BCUT2D eigenvalue weighted by Gasteiger charge is 2.20. The summed E-state index contributed by atoms with van der Waals surface area (Å²) in [5.74, 6) is 1.30. The third kappa shape index (κ3) is 6.64. The largest absolute Gasteiger partial charge is 0.497 e. The van der Waals surface area contributed by atoms with Crippen molar-refractivity contribution in [3.8, 4) is 5.75 Å². The van der Waals surface area contributed by atoms with Gasteiger partial charge in [0.1, 0.15) is 5.75 Å². The number of carbonyl (C=O) groups is 2. The number of carbonyl (C=O) groups excluding carboxylic acids is 2. The zero-order valence-corrected chi connectivity index (χ0v) is 16.9. The Bertz CT molecular complexity index is 766. The number of hydrogen-bond acceptors (Lipinski definition) is 5. The molecule has 0 bridgehead atoms. The van der Waals surface area contributed by atoms with E-state index in [1.165, 1.54) is 11.8 Å². The first kappa shape index (κ1) is 20.9. The van der Waals surface area contributed by atoms with Gasteiger partial charge in [-0.15, -0.1) is 0 Å². The van der Waals surface area contributed by atoms with Crippen molar-refractivity contribution in [2.75, 3.05) is 33.3 Å². The third-order valence-corrected chi connectivity index (χ3v) is 5.24. The van der Waals surface area contributed by atoms with Crippen LogP contribution in [0.2, 0.25) is 0 Å². The van der Waals surface area contributed by atoms with E-state index < -0.39 is 0 Å². The van der Waals surface area contributed by atoms with Crippen LogP contribution in [0.15, 0.2) is 47.1 Å². The maximum Gasteiger partial charge on any atom is 0.286 e. The number of amides is 2. The van der Waals surface area contributed by atoms with E-state index in [4.69, 9.17) is 9.15 Å². The second-order valence-corrected chi connectivity index (χ2v) is 7.35. The first-order valence-electron chi connectivity index (χ1n) is 10.1. The predicted octanol–water partition coefficient (Wildman–Crippen LogP) is 2.44. The quantitative estimate of drug-likeness (QED) is 0.677. The number of nitrogens with zero attached hydrogens (tertiary/aromatic N) is 1. The van der Waals surface area contributed by atoms with Crippen LogP contribution >= 0.6 is 0 Å². The third-order valence-electron chi connectivity index (χ3n) is 5.24. The summed E-state index contributed by atoms with van der Waals surface area (Å²) in [7, 11) is 1.68. The van der Waals surface area contributed by atoms with Gasteiger partial charge in [-0.25, -0.2) is 0 Å². The Morgan fingerprint density at radius 1 is 1.14 bits per heavy atom. The van der Waals surface area contributed by atoms with Gasteiger partial charge in [0.2, 0.25) is 5.91 Å². The van der Waals surface area contributed by atoms with Crippen molar-refractivity contribution in [2.45, 2.75) is 25.8 Å². The Kier molecular flexibility index (Phi) is 7.69. The van der Waals surface area contributed by atoms with E-state index in [2.05, 4.69) is 27.7 Å². The zero-order chi connectivity index (χ0) is 20.5. The van der Waals surface area contributed by atoms with Gasteiger partial charge in [0.25, 0.3) is 5.91 Å². The molecule has 29 heavy (non-hydrogen) atoms. The fourth-order valence-electron chi connectivity index (χ4n) is 3.47. The molecule has 2 heterocycles. The molecule has 0 aliphatic carbocycles. The Balaban J connectivity index is 1.28. The molecule has 1 saturated heterocycles. The van der Waals surface area contributed by atoms with Gasteiger partial charge >= 0.3 is 0 Å². The molecule has 2 N–H and O–H groups in total. The molecule has 2 amide bonds. The predicted molar refractivity (Wildman–Crippen MR) is 110 cm³/mol. The molecule has 0 saturated carbocycles. The molecule has 7 heteroatoms. The van der Waals surface area contributed by atoms with Crippen molar-refractivity contribution >= 4 is 11.8 Å². The van der Waals surface area contributed by atoms with E-state index in [9.17, 15) is 9.59 Å². The van der Waals surface area contributed by atoms with Crippen LogP contribution in [-0.2, 0) is 11.3 Å². The molecule has 0 atom stereocenters. The van der Waals surface area contributed by atoms with Crippen molar-refractivity contribution in [2.24, 2.45) is 5.92 Å². The summed E-state index contributed by atoms with van der Waals surface area (Å²) in [4.78, 5) is 26.2. The van der Waals surface area contributed by atoms with Crippen molar-refractivity contribution in [3.05, 3.63) is 54.0 Å². The molecule has 7 nitrogen and oxygen atoms in total. The van der Waals surface area contributed by atoms with Crippen LogP contribution in [0, 0.1) is 5.92 Å². The normalized spacial score (nSPS) is 15.1. The molecule has 0 spiro atoms. The number of ether oxygens (including phenoxy) is 1. The van der Waals surface area contributed by atoms with E-state index in [1.807, 2.05) is 12.1 Å². The van der Waals surface area contributed by atoms with Crippen LogP contribution in [0.1, 0.15) is 35.4 Å². The van der Waals surface area contributed by atoms with Crippen LogP contribution in [0.3, 0.4) is 0 Å². The Labute approximate surface area is 171 Å². The highest BCUT2D eigenvalue weighted by Crippen LogP contribution is 2.19. The van der Waals surface area contributed by atoms with Crippen LogP contribution in [0.4, 0.5) is 0 Å². The van der Waals surface area contributed by atoms with Crippen LogP contribution in [0.5, 0.6) is 5.75 Å². The van der Waals surface area contributed by atoms with Gasteiger partial charge in [-0.2, -0.15) is 0 Å². The standard InChI is InChI=1S/C22H29N3O4/c1-28-19-6-4-18(5-7-19)16-25-12-9-17(10-13-25)15-24-21(26)8-11-23-22(27)20-3-2-14-29-20/h2-7,14,17H,8-13,15-16H2,1H3,(H,23,27)(H,24,26). The van der Waals surface area contributed by atoms with E-state index in [0.29, 0.717) is 19.0 Å². The van der Waals surface area contributed by atoms with Gasteiger partial charge in [0.05, 0.1) is 13.4 Å². The minimum Gasteiger partial charge on any atom is -0.497 e. The van der Waals surface area contributed by atoms with Gasteiger partial charge in [-0.1, -0.05) is 12.1 Å². The molecular formula is C22H29N3O4. The van der Waals surface area contributed by atoms with Gasteiger partial charge in [-0.05, 0) is 61.7 Å². The lowest BCUT2D eigenvalue weighted by molar-refractivity contribution is -0.121. The summed E-state index contributed by atoms with van der Waals surface area (Å²) in [5, 5.41) is 5.67. The molecule has 1 aliphatic heterocycles. The number of piperidine rings is 1. The summed E-state index contributed by atoms with van der Waals surface area (Å²) in [5.41, 5.74) is 1.29. The van der Waals surface area contributed by atoms with Crippen molar-refractivity contribution < 1.29 is 18.7 Å². The summed E-state index contributed by atoms with van der Waals surface area (Å²) < 4.78 is 10.2. The van der Waals surface area contributed by atoms with Gasteiger partial charge in [0, 0.05) is 26.1 Å². The van der Waals surface area contributed by atoms with E-state index in [-0.39, 0.29) is 24.0 Å². The van der Waals surface area contributed by atoms with Gasteiger partial charge in [-0.3, -0.25) is 14.5 Å². The number of benzene rings is 1. The Morgan fingerprint density at radius 3 is 2.55 bits per heavy atom. The number of likely N-dealkylation sites (tertiary alicyclic amines) is 1. The van der Waals surface area contributed by atoms with E-state index in [1.54, 1.807) is 19.2 Å². The molecule has 0 unspecified atom stereocenters. The zero-order valence-electron chi connectivity index (χ0n) is 16.9. The van der Waals surface area contributed by atoms with Crippen LogP contribution in [-0.4, -0.2) is 50.0 Å². The maximum absolute atomic E-state index is 12.0. The minimum atomic E-state index is -0.299. The highest BCUT2D eigenvalue weighted by atomic mass is 16.5. The second kappa shape index (κ2) is 10.7.